The number of sulfonamides is 1. The van der Waals surface area contributed by atoms with E-state index in [9.17, 15) is 13.5 Å². The molecule has 1 aliphatic carbocycles. The van der Waals surface area contributed by atoms with Crippen molar-refractivity contribution in [1.82, 2.24) is 14.8 Å². The van der Waals surface area contributed by atoms with Crippen LogP contribution in [0.4, 0.5) is 5.69 Å². The van der Waals surface area contributed by atoms with E-state index in [1.807, 2.05) is 6.07 Å². The largest absolute Gasteiger partial charge is 0.393 e. The third-order valence-corrected chi connectivity index (χ3v) is 5.89. The van der Waals surface area contributed by atoms with Crippen LogP contribution in [-0.2, 0) is 10.0 Å². The van der Waals surface area contributed by atoms with Gasteiger partial charge in [-0.2, -0.15) is 5.10 Å². The maximum Gasteiger partial charge on any atom is 0.265 e. The average molecular weight is 367 g/mol. The van der Waals surface area contributed by atoms with Gasteiger partial charge in [-0.05, 0) is 18.9 Å². The van der Waals surface area contributed by atoms with Gasteiger partial charge in [-0.25, -0.2) is 8.42 Å². The molecule has 126 valence electrons. The Bertz CT molecular complexity index is 1000. The first-order chi connectivity index (χ1) is 11.4. The van der Waals surface area contributed by atoms with Crippen LogP contribution in [0.2, 0.25) is 5.02 Å². The lowest BCUT2D eigenvalue weighted by Gasteiger charge is -2.31. The number of benzene rings is 1. The molecule has 0 atom stereocenters. The summed E-state index contributed by atoms with van der Waals surface area (Å²) in [7, 11) is -3.76. The van der Waals surface area contributed by atoms with Crippen molar-refractivity contribution in [2.45, 2.75) is 29.9 Å². The number of anilines is 1. The number of fused-ring (bicyclic) bond motifs is 1. The molecule has 2 aromatic heterocycles. The maximum absolute atomic E-state index is 12.6. The standard InChI is InChI=1S/C15H15ClN4O3S/c16-13-7-17-15-12(13)2-1-3-14(15)19-24(22,23)11-6-18-20(8-11)9-4-10(21)5-9/h1-3,6-10,17,19,21H,4-5H2. The molecule has 0 aliphatic heterocycles. The van der Waals surface area contributed by atoms with Crippen LogP contribution < -0.4 is 4.72 Å². The zero-order valence-electron chi connectivity index (χ0n) is 12.5. The minimum atomic E-state index is -3.76. The van der Waals surface area contributed by atoms with Crippen molar-refractivity contribution in [2.75, 3.05) is 4.72 Å². The Hall–Kier alpha value is -2.03. The van der Waals surface area contributed by atoms with Gasteiger partial charge in [0.1, 0.15) is 4.90 Å². The molecule has 2 heterocycles. The highest BCUT2D eigenvalue weighted by molar-refractivity contribution is 7.92. The van der Waals surface area contributed by atoms with E-state index in [2.05, 4.69) is 14.8 Å². The predicted octanol–water partition coefficient (Wildman–Crippen LogP) is 2.51. The van der Waals surface area contributed by atoms with Gasteiger partial charge in [-0.15, -0.1) is 0 Å². The van der Waals surface area contributed by atoms with Crippen molar-refractivity contribution >= 4 is 38.2 Å². The predicted molar refractivity (Wildman–Crippen MR) is 90.6 cm³/mol. The Kier molecular flexibility index (Phi) is 3.56. The van der Waals surface area contributed by atoms with E-state index in [1.54, 1.807) is 23.0 Å². The summed E-state index contributed by atoms with van der Waals surface area (Å²) in [5.74, 6) is 0. The van der Waals surface area contributed by atoms with Crippen LogP contribution in [0.25, 0.3) is 10.9 Å². The Morgan fingerprint density at radius 3 is 2.92 bits per heavy atom. The van der Waals surface area contributed by atoms with Gasteiger partial charge < -0.3 is 10.1 Å². The van der Waals surface area contributed by atoms with E-state index in [0.717, 1.165) is 5.39 Å². The second kappa shape index (κ2) is 5.51. The second-order valence-corrected chi connectivity index (χ2v) is 7.99. The van der Waals surface area contributed by atoms with Crippen LogP contribution in [0.15, 0.2) is 41.7 Å². The molecule has 1 fully saturated rings. The summed E-state index contributed by atoms with van der Waals surface area (Å²) < 4.78 is 29.4. The van der Waals surface area contributed by atoms with Gasteiger partial charge in [0.05, 0.1) is 34.6 Å². The molecule has 3 aromatic rings. The van der Waals surface area contributed by atoms with Crippen LogP contribution in [0.3, 0.4) is 0 Å². The van der Waals surface area contributed by atoms with Crippen LogP contribution in [0.1, 0.15) is 18.9 Å². The third kappa shape index (κ3) is 2.56. The fourth-order valence-corrected chi connectivity index (χ4v) is 4.07. The smallest absolute Gasteiger partial charge is 0.265 e. The maximum atomic E-state index is 12.6. The van der Waals surface area contributed by atoms with E-state index in [1.165, 1.54) is 12.4 Å². The lowest BCUT2D eigenvalue weighted by atomic mass is 9.90. The molecular weight excluding hydrogens is 352 g/mol. The van der Waals surface area contributed by atoms with Gasteiger partial charge in [-0.3, -0.25) is 9.40 Å². The molecule has 0 saturated heterocycles. The second-order valence-electron chi connectivity index (χ2n) is 5.91. The minimum absolute atomic E-state index is 0.0506. The number of nitrogens with one attached hydrogen (secondary N) is 2. The Labute approximate surface area is 143 Å². The number of hydrogen-bond donors (Lipinski definition) is 3. The molecule has 7 nitrogen and oxygen atoms in total. The number of halogens is 1. The molecule has 1 aromatic carbocycles. The monoisotopic (exact) mass is 366 g/mol. The number of rotatable bonds is 4. The number of hydrogen-bond acceptors (Lipinski definition) is 4. The van der Waals surface area contributed by atoms with Gasteiger partial charge in [0, 0.05) is 17.8 Å². The molecule has 4 rings (SSSR count). The molecule has 0 radical (unpaired) electrons. The molecular formula is C15H15ClN4O3S. The number of aromatic amines is 1. The highest BCUT2D eigenvalue weighted by Crippen LogP contribution is 2.33. The number of nitrogens with zero attached hydrogens (tertiary/aromatic N) is 2. The number of aromatic nitrogens is 3. The number of H-pyrrole nitrogens is 1. The molecule has 0 unspecified atom stereocenters. The summed E-state index contributed by atoms with van der Waals surface area (Å²) in [4.78, 5) is 3.05. The lowest BCUT2D eigenvalue weighted by molar-refractivity contribution is 0.0433. The highest BCUT2D eigenvalue weighted by atomic mass is 35.5. The summed E-state index contributed by atoms with van der Waals surface area (Å²) in [6, 6.07) is 5.26. The molecule has 0 spiro atoms. The Morgan fingerprint density at radius 1 is 1.38 bits per heavy atom. The number of aliphatic hydroxyl groups excluding tert-OH is 1. The Morgan fingerprint density at radius 2 is 2.17 bits per heavy atom. The summed E-state index contributed by atoms with van der Waals surface area (Å²) in [6.07, 6.45) is 5.27. The number of para-hydroxylation sites is 1. The van der Waals surface area contributed by atoms with Crippen molar-refractivity contribution in [2.24, 2.45) is 0 Å². The van der Waals surface area contributed by atoms with Crippen molar-refractivity contribution in [3.05, 3.63) is 41.8 Å². The van der Waals surface area contributed by atoms with Crippen LogP contribution in [0.5, 0.6) is 0 Å². The van der Waals surface area contributed by atoms with E-state index in [4.69, 9.17) is 11.6 Å². The topological polar surface area (TPSA) is 100 Å². The van der Waals surface area contributed by atoms with E-state index in [0.29, 0.717) is 29.1 Å². The normalized spacial score (nSPS) is 20.9. The van der Waals surface area contributed by atoms with Crippen molar-refractivity contribution in [3.8, 4) is 0 Å². The van der Waals surface area contributed by atoms with Crippen molar-refractivity contribution in [1.29, 1.82) is 0 Å². The van der Waals surface area contributed by atoms with Gasteiger partial charge in [0.15, 0.2) is 0 Å². The summed E-state index contributed by atoms with van der Waals surface area (Å²) in [6.45, 7) is 0. The first kappa shape index (κ1) is 15.5. The third-order valence-electron chi connectivity index (χ3n) is 4.26. The van der Waals surface area contributed by atoms with Gasteiger partial charge >= 0.3 is 0 Å². The zero-order chi connectivity index (χ0) is 16.9. The fraction of sp³-hybridized carbons (Fsp3) is 0.267. The van der Waals surface area contributed by atoms with Gasteiger partial charge in [0.2, 0.25) is 0 Å². The molecule has 0 bridgehead atoms. The van der Waals surface area contributed by atoms with E-state index < -0.39 is 10.0 Å². The quantitative estimate of drug-likeness (QED) is 0.660. The van der Waals surface area contributed by atoms with E-state index >= 15 is 0 Å². The fourth-order valence-electron chi connectivity index (χ4n) is 2.84. The first-order valence-corrected chi connectivity index (χ1v) is 9.31. The molecule has 1 saturated carbocycles. The minimum Gasteiger partial charge on any atom is -0.393 e. The zero-order valence-corrected chi connectivity index (χ0v) is 14.0. The highest BCUT2D eigenvalue weighted by Gasteiger charge is 2.30. The van der Waals surface area contributed by atoms with Gasteiger partial charge in [-0.1, -0.05) is 23.7 Å². The summed E-state index contributed by atoms with van der Waals surface area (Å²) >= 11 is 6.06. The van der Waals surface area contributed by atoms with Crippen LogP contribution in [-0.4, -0.2) is 34.4 Å². The lowest BCUT2D eigenvalue weighted by Crippen LogP contribution is -2.31. The molecule has 9 heteroatoms. The first-order valence-electron chi connectivity index (χ1n) is 7.45. The average Bonchev–Trinajstić information content (AvgIpc) is 3.13. The molecule has 1 aliphatic rings. The molecule has 0 amide bonds. The van der Waals surface area contributed by atoms with Gasteiger partial charge in [0.25, 0.3) is 10.0 Å². The SMILES string of the molecule is O=S(=O)(Nc1cccc2c(Cl)c[nH]c12)c1cnn(C2CC(O)C2)c1. The van der Waals surface area contributed by atoms with Crippen molar-refractivity contribution < 1.29 is 13.5 Å². The molecule has 3 N–H and O–H groups in total. The Balaban J connectivity index is 1.63. The molecule has 24 heavy (non-hydrogen) atoms. The van der Waals surface area contributed by atoms with Crippen LogP contribution in [0, 0.1) is 0 Å². The van der Waals surface area contributed by atoms with Crippen LogP contribution >= 0.6 is 11.6 Å². The summed E-state index contributed by atoms with van der Waals surface area (Å²) in [5, 5.41) is 14.7. The number of aliphatic hydroxyl groups is 1. The van der Waals surface area contributed by atoms with E-state index in [-0.39, 0.29) is 17.0 Å². The van der Waals surface area contributed by atoms with Crippen molar-refractivity contribution in [3.63, 3.8) is 0 Å². The summed E-state index contributed by atoms with van der Waals surface area (Å²) in [5.41, 5.74) is 1.05.